The van der Waals surface area contributed by atoms with Gasteiger partial charge in [0.1, 0.15) is 5.82 Å². The van der Waals surface area contributed by atoms with E-state index in [2.05, 4.69) is 16.8 Å². The summed E-state index contributed by atoms with van der Waals surface area (Å²) in [6, 6.07) is 4.79. The number of carbonyl (C=O) groups is 1. The second-order valence-electron chi connectivity index (χ2n) is 4.41. The summed E-state index contributed by atoms with van der Waals surface area (Å²) in [7, 11) is 0. The Bertz CT molecular complexity index is 453. The van der Waals surface area contributed by atoms with Gasteiger partial charge >= 0.3 is 0 Å². The monoisotopic (exact) mass is 248 g/mol. The Morgan fingerprint density at radius 3 is 2.67 bits per heavy atom. The third kappa shape index (κ3) is 2.88. The van der Waals surface area contributed by atoms with Gasteiger partial charge in [-0.3, -0.25) is 4.79 Å². The van der Waals surface area contributed by atoms with Gasteiger partial charge < -0.3 is 10.2 Å². The van der Waals surface area contributed by atoms with E-state index in [1.807, 2.05) is 0 Å². The van der Waals surface area contributed by atoms with Gasteiger partial charge in [-0.15, -0.1) is 0 Å². The molecule has 1 fully saturated rings. The predicted octanol–water partition coefficient (Wildman–Crippen LogP) is 2.94. The van der Waals surface area contributed by atoms with Crippen LogP contribution in [0, 0.1) is 5.82 Å². The van der Waals surface area contributed by atoms with Gasteiger partial charge in [0, 0.05) is 18.8 Å². The van der Waals surface area contributed by atoms with Crippen LogP contribution in [0.3, 0.4) is 0 Å². The molecular weight excluding hydrogens is 231 g/mol. The maximum atomic E-state index is 14.0. The Morgan fingerprint density at radius 1 is 1.33 bits per heavy atom. The molecule has 18 heavy (non-hydrogen) atoms. The number of piperidine rings is 1. The van der Waals surface area contributed by atoms with E-state index in [9.17, 15) is 9.18 Å². The van der Waals surface area contributed by atoms with Crippen LogP contribution in [-0.2, 0) is 4.79 Å². The maximum Gasteiger partial charge on any atom is 0.247 e. The number of hydrogen-bond donors (Lipinski definition) is 1. The molecule has 4 heteroatoms. The number of nitrogens with zero attached hydrogens (tertiary/aromatic N) is 1. The summed E-state index contributed by atoms with van der Waals surface area (Å²) in [5.74, 6) is -0.626. The van der Waals surface area contributed by atoms with E-state index in [0.29, 0.717) is 11.4 Å². The Morgan fingerprint density at radius 2 is 2.06 bits per heavy atom. The number of rotatable bonds is 3. The largest absolute Gasteiger partial charge is 0.369 e. The molecule has 1 aliphatic rings. The van der Waals surface area contributed by atoms with Gasteiger partial charge in [0.05, 0.1) is 5.69 Å². The molecule has 0 bridgehead atoms. The van der Waals surface area contributed by atoms with Crippen LogP contribution in [0.4, 0.5) is 15.8 Å². The fraction of sp³-hybridized carbons (Fsp3) is 0.357. The predicted molar refractivity (Wildman–Crippen MR) is 71.3 cm³/mol. The van der Waals surface area contributed by atoms with Crippen molar-refractivity contribution in [3.05, 3.63) is 36.7 Å². The highest BCUT2D eigenvalue weighted by molar-refractivity contribution is 5.98. The highest BCUT2D eigenvalue weighted by atomic mass is 19.1. The number of anilines is 2. The lowest BCUT2D eigenvalue weighted by Gasteiger charge is -2.29. The van der Waals surface area contributed by atoms with Crippen LogP contribution in [0.2, 0.25) is 0 Å². The number of nitrogens with one attached hydrogen (secondary N) is 1. The topological polar surface area (TPSA) is 32.3 Å². The highest BCUT2D eigenvalue weighted by Gasteiger charge is 2.15. The van der Waals surface area contributed by atoms with Gasteiger partial charge in [-0.05, 0) is 43.5 Å². The van der Waals surface area contributed by atoms with E-state index in [1.165, 1.54) is 12.5 Å². The van der Waals surface area contributed by atoms with E-state index in [-0.39, 0.29) is 11.7 Å². The van der Waals surface area contributed by atoms with Crippen molar-refractivity contribution in [1.29, 1.82) is 0 Å². The fourth-order valence-electron chi connectivity index (χ4n) is 2.17. The summed E-state index contributed by atoms with van der Waals surface area (Å²) in [4.78, 5) is 13.2. The van der Waals surface area contributed by atoms with Gasteiger partial charge in [0.2, 0.25) is 5.91 Å². The summed E-state index contributed by atoms with van der Waals surface area (Å²) < 4.78 is 14.0. The lowest BCUT2D eigenvalue weighted by molar-refractivity contribution is -0.111. The number of amides is 1. The van der Waals surface area contributed by atoms with Crippen LogP contribution in [0.5, 0.6) is 0 Å². The Labute approximate surface area is 106 Å². The van der Waals surface area contributed by atoms with Crippen LogP contribution in [0.15, 0.2) is 30.9 Å². The van der Waals surface area contributed by atoms with Gasteiger partial charge in [-0.25, -0.2) is 4.39 Å². The summed E-state index contributed by atoms with van der Waals surface area (Å²) in [6.45, 7) is 5.15. The minimum Gasteiger partial charge on any atom is -0.369 e. The molecule has 0 aliphatic carbocycles. The number of benzene rings is 1. The second kappa shape index (κ2) is 5.67. The molecule has 1 saturated heterocycles. The van der Waals surface area contributed by atoms with Gasteiger partial charge in [-0.2, -0.15) is 0 Å². The minimum atomic E-state index is -0.333. The maximum absolute atomic E-state index is 14.0. The first-order valence-electron chi connectivity index (χ1n) is 6.18. The van der Waals surface area contributed by atoms with Gasteiger partial charge in [0.25, 0.3) is 0 Å². The fourth-order valence-corrected chi connectivity index (χ4v) is 2.17. The highest BCUT2D eigenvalue weighted by Crippen LogP contribution is 2.25. The van der Waals surface area contributed by atoms with E-state index < -0.39 is 0 Å². The molecule has 0 atom stereocenters. The quantitative estimate of drug-likeness (QED) is 0.834. The van der Waals surface area contributed by atoms with Crippen molar-refractivity contribution in [3.63, 3.8) is 0 Å². The van der Waals surface area contributed by atoms with E-state index in [1.54, 1.807) is 12.1 Å². The second-order valence-corrected chi connectivity index (χ2v) is 4.41. The minimum absolute atomic E-state index is 0.293. The molecule has 1 N–H and O–H groups in total. The molecule has 1 aromatic carbocycles. The van der Waals surface area contributed by atoms with Gasteiger partial charge in [-0.1, -0.05) is 6.58 Å². The Hall–Kier alpha value is -1.84. The summed E-state index contributed by atoms with van der Waals surface area (Å²) in [5.41, 5.74) is 1.07. The molecule has 1 amide bonds. The third-order valence-corrected chi connectivity index (χ3v) is 3.10. The van der Waals surface area contributed by atoms with E-state index >= 15 is 0 Å². The van der Waals surface area contributed by atoms with Crippen LogP contribution in [0.25, 0.3) is 0 Å². The normalized spacial score (nSPS) is 15.3. The third-order valence-electron chi connectivity index (χ3n) is 3.10. The van der Waals surface area contributed by atoms with E-state index in [4.69, 9.17) is 0 Å². The lowest BCUT2D eigenvalue weighted by Crippen LogP contribution is -2.30. The molecule has 96 valence electrons. The van der Waals surface area contributed by atoms with Crippen molar-refractivity contribution in [2.24, 2.45) is 0 Å². The van der Waals surface area contributed by atoms with Crippen molar-refractivity contribution in [1.82, 2.24) is 0 Å². The molecule has 0 saturated carbocycles. The van der Waals surface area contributed by atoms with Crippen molar-refractivity contribution in [2.45, 2.75) is 19.3 Å². The average molecular weight is 248 g/mol. The van der Waals surface area contributed by atoms with Crippen molar-refractivity contribution in [3.8, 4) is 0 Å². The average Bonchev–Trinajstić information content (AvgIpc) is 2.40. The SMILES string of the molecule is C=CC(=O)Nc1ccc(N2CCCCC2)c(F)c1. The Balaban J connectivity index is 2.13. The Kier molecular flexibility index (Phi) is 3.97. The molecule has 3 nitrogen and oxygen atoms in total. The van der Waals surface area contributed by atoms with Crippen LogP contribution in [0.1, 0.15) is 19.3 Å². The lowest BCUT2D eigenvalue weighted by atomic mass is 10.1. The van der Waals surface area contributed by atoms with Crippen molar-refractivity contribution < 1.29 is 9.18 Å². The molecule has 0 spiro atoms. The zero-order chi connectivity index (χ0) is 13.0. The molecule has 0 unspecified atom stereocenters. The first kappa shape index (κ1) is 12.6. The molecule has 1 aromatic rings. The van der Waals surface area contributed by atoms with Gasteiger partial charge in [0.15, 0.2) is 0 Å². The molecule has 0 radical (unpaired) electrons. The zero-order valence-electron chi connectivity index (χ0n) is 10.3. The standard InChI is InChI=1S/C14H17FN2O/c1-2-14(18)16-11-6-7-13(12(15)10-11)17-8-4-3-5-9-17/h2,6-7,10H,1,3-5,8-9H2,(H,16,18). The zero-order valence-corrected chi connectivity index (χ0v) is 10.3. The first-order chi connectivity index (χ1) is 8.70. The number of carbonyl (C=O) groups excluding carboxylic acids is 1. The smallest absolute Gasteiger partial charge is 0.247 e. The number of hydrogen-bond acceptors (Lipinski definition) is 2. The summed E-state index contributed by atoms with van der Waals surface area (Å²) >= 11 is 0. The molecule has 1 aliphatic heterocycles. The van der Waals surface area contributed by atoms with Crippen molar-refractivity contribution in [2.75, 3.05) is 23.3 Å². The van der Waals surface area contributed by atoms with Crippen LogP contribution >= 0.6 is 0 Å². The molecular formula is C14H17FN2O. The summed E-state index contributed by atoms with van der Waals surface area (Å²) in [6.07, 6.45) is 4.59. The first-order valence-corrected chi connectivity index (χ1v) is 6.18. The molecule has 1 heterocycles. The van der Waals surface area contributed by atoms with Crippen molar-refractivity contribution >= 4 is 17.3 Å². The van der Waals surface area contributed by atoms with Crippen LogP contribution in [-0.4, -0.2) is 19.0 Å². The summed E-state index contributed by atoms with van der Waals surface area (Å²) in [5, 5.41) is 2.55. The van der Waals surface area contributed by atoms with Crippen LogP contribution < -0.4 is 10.2 Å². The number of halogens is 1. The molecule has 2 rings (SSSR count). The van der Waals surface area contributed by atoms with E-state index in [0.717, 1.165) is 32.0 Å². The molecule has 0 aromatic heterocycles.